The predicted octanol–water partition coefficient (Wildman–Crippen LogP) is 4.11. The molecule has 0 unspecified atom stereocenters. The Labute approximate surface area is 154 Å². The van der Waals surface area contributed by atoms with Crippen LogP contribution >= 0.6 is 34.5 Å². The summed E-state index contributed by atoms with van der Waals surface area (Å²) in [5.41, 5.74) is 0.903. The Balaban J connectivity index is 1.48. The summed E-state index contributed by atoms with van der Waals surface area (Å²) in [6.07, 6.45) is 1.70. The van der Waals surface area contributed by atoms with Crippen LogP contribution < -0.4 is 0 Å². The number of carbonyl (C=O) groups is 1. The minimum absolute atomic E-state index is 0.0873. The van der Waals surface area contributed by atoms with Gasteiger partial charge in [0.25, 0.3) is 5.89 Å². The lowest BCUT2D eigenvalue weighted by Gasteiger charge is -2.00. The van der Waals surface area contributed by atoms with E-state index < -0.39 is 5.97 Å². The first-order valence-corrected chi connectivity index (χ1v) is 8.62. The summed E-state index contributed by atoms with van der Waals surface area (Å²) in [5, 5.41) is 6.35. The van der Waals surface area contributed by atoms with Gasteiger partial charge in [-0.2, -0.15) is 4.98 Å². The molecule has 10 heteroatoms. The van der Waals surface area contributed by atoms with E-state index >= 15 is 0 Å². The van der Waals surface area contributed by atoms with Gasteiger partial charge in [-0.15, -0.1) is 11.3 Å². The molecule has 126 valence electrons. The summed E-state index contributed by atoms with van der Waals surface area (Å²) in [6.45, 7) is -0.173. The molecular weight excluding hydrogens is 387 g/mol. The molecule has 0 aliphatic rings. The monoisotopic (exact) mass is 394 g/mol. The molecule has 7 nitrogen and oxygen atoms in total. The molecule has 4 rings (SSSR count). The minimum Gasteiger partial charge on any atom is -0.451 e. The van der Waals surface area contributed by atoms with Gasteiger partial charge < -0.3 is 9.26 Å². The van der Waals surface area contributed by atoms with Gasteiger partial charge in [0.2, 0.25) is 5.82 Å². The van der Waals surface area contributed by atoms with E-state index in [4.69, 9.17) is 32.5 Å². The zero-order valence-electron chi connectivity index (χ0n) is 12.3. The number of fused-ring (bicyclic) bond motifs is 1. The highest BCUT2D eigenvalue weighted by Crippen LogP contribution is 2.23. The molecule has 0 aliphatic carbocycles. The van der Waals surface area contributed by atoms with Crippen LogP contribution in [0.2, 0.25) is 10.2 Å². The largest absolute Gasteiger partial charge is 0.451 e. The van der Waals surface area contributed by atoms with Gasteiger partial charge >= 0.3 is 5.97 Å². The Morgan fingerprint density at radius 2 is 2.04 bits per heavy atom. The van der Waals surface area contributed by atoms with Crippen molar-refractivity contribution < 1.29 is 14.1 Å². The minimum atomic E-state index is -0.623. The van der Waals surface area contributed by atoms with Gasteiger partial charge in [0.1, 0.15) is 0 Å². The van der Waals surface area contributed by atoms with Crippen molar-refractivity contribution in [3.05, 3.63) is 57.6 Å². The van der Waals surface area contributed by atoms with Crippen molar-refractivity contribution >= 4 is 45.5 Å². The van der Waals surface area contributed by atoms with E-state index in [9.17, 15) is 4.79 Å². The number of aromatic nitrogens is 4. The quantitative estimate of drug-likeness (QED) is 0.484. The van der Waals surface area contributed by atoms with Crippen molar-refractivity contribution in [1.82, 2.24) is 19.5 Å². The molecule has 1 aromatic carbocycles. The Hall–Kier alpha value is -2.42. The highest BCUT2D eigenvalue weighted by atomic mass is 35.5. The number of benzene rings is 1. The van der Waals surface area contributed by atoms with E-state index in [0.717, 1.165) is 5.56 Å². The van der Waals surface area contributed by atoms with Gasteiger partial charge in [0, 0.05) is 22.2 Å². The maximum atomic E-state index is 12.3. The number of nitrogens with zero attached hydrogens (tertiary/aromatic N) is 4. The average Bonchev–Trinajstić information content (AvgIpc) is 3.29. The number of thiazole rings is 1. The van der Waals surface area contributed by atoms with Crippen LogP contribution in [0.15, 0.2) is 40.4 Å². The summed E-state index contributed by atoms with van der Waals surface area (Å²) in [4.78, 5) is 21.1. The SMILES string of the molecule is O=C(OCc1nc(-c2ccc(Cl)cc2)no1)c1c(Cl)nc2sccn12. The van der Waals surface area contributed by atoms with Crippen molar-refractivity contribution in [2.45, 2.75) is 6.61 Å². The highest BCUT2D eigenvalue weighted by Gasteiger charge is 2.21. The van der Waals surface area contributed by atoms with Gasteiger partial charge in [-0.05, 0) is 24.3 Å². The molecule has 0 saturated heterocycles. The third-order valence-corrected chi connectivity index (χ3v) is 4.58. The number of imidazole rings is 1. The molecule has 0 aliphatic heterocycles. The van der Waals surface area contributed by atoms with Crippen molar-refractivity contribution in [2.75, 3.05) is 0 Å². The van der Waals surface area contributed by atoms with Crippen LogP contribution in [-0.2, 0) is 11.3 Å². The van der Waals surface area contributed by atoms with Gasteiger partial charge in [0.05, 0.1) is 0 Å². The van der Waals surface area contributed by atoms with E-state index in [-0.39, 0.29) is 23.3 Å². The first kappa shape index (κ1) is 16.1. The van der Waals surface area contributed by atoms with Crippen molar-refractivity contribution in [3.8, 4) is 11.4 Å². The van der Waals surface area contributed by atoms with E-state index in [1.54, 1.807) is 40.2 Å². The molecule has 0 fully saturated rings. The topological polar surface area (TPSA) is 82.5 Å². The Bertz CT molecular complexity index is 1050. The van der Waals surface area contributed by atoms with Crippen LogP contribution in [0, 0.1) is 0 Å². The zero-order valence-corrected chi connectivity index (χ0v) is 14.7. The predicted molar refractivity (Wildman–Crippen MR) is 91.9 cm³/mol. The molecule has 25 heavy (non-hydrogen) atoms. The molecule has 0 saturated carbocycles. The molecule has 3 aromatic heterocycles. The maximum Gasteiger partial charge on any atom is 0.359 e. The second-order valence-corrected chi connectivity index (χ2v) is 6.57. The summed E-state index contributed by atoms with van der Waals surface area (Å²) in [5.74, 6) is -0.0760. The third kappa shape index (κ3) is 3.11. The zero-order chi connectivity index (χ0) is 17.4. The Kier molecular flexibility index (Phi) is 4.16. The number of carbonyl (C=O) groups excluding carboxylic acids is 1. The Morgan fingerprint density at radius 3 is 2.84 bits per heavy atom. The summed E-state index contributed by atoms with van der Waals surface area (Å²) in [6, 6.07) is 6.98. The molecular formula is C15H8Cl2N4O3S. The fourth-order valence-electron chi connectivity index (χ4n) is 2.17. The van der Waals surface area contributed by atoms with E-state index in [0.29, 0.717) is 15.8 Å². The number of hydrogen-bond acceptors (Lipinski definition) is 7. The molecule has 0 N–H and O–H groups in total. The van der Waals surface area contributed by atoms with Crippen molar-refractivity contribution in [2.24, 2.45) is 0 Å². The summed E-state index contributed by atoms with van der Waals surface area (Å²) in [7, 11) is 0. The number of rotatable bonds is 4. The first-order chi connectivity index (χ1) is 12.1. The molecule has 0 atom stereocenters. The fourth-order valence-corrected chi connectivity index (χ4v) is 3.31. The van der Waals surface area contributed by atoms with Crippen LogP contribution in [0.4, 0.5) is 0 Å². The Morgan fingerprint density at radius 1 is 1.24 bits per heavy atom. The molecule has 0 radical (unpaired) electrons. The smallest absolute Gasteiger partial charge is 0.359 e. The molecule has 0 amide bonds. The molecule has 0 spiro atoms. The van der Waals surface area contributed by atoms with Crippen molar-refractivity contribution in [3.63, 3.8) is 0 Å². The molecule has 4 aromatic rings. The van der Waals surface area contributed by atoms with Crippen molar-refractivity contribution in [1.29, 1.82) is 0 Å². The van der Waals surface area contributed by atoms with E-state index in [1.165, 1.54) is 11.3 Å². The van der Waals surface area contributed by atoms with Gasteiger partial charge in [-0.3, -0.25) is 4.40 Å². The van der Waals surface area contributed by atoms with Crippen LogP contribution in [-0.4, -0.2) is 25.5 Å². The van der Waals surface area contributed by atoms with E-state index in [2.05, 4.69) is 15.1 Å². The fraction of sp³-hybridized carbons (Fsp3) is 0.0667. The molecule has 0 bridgehead atoms. The van der Waals surface area contributed by atoms with Gasteiger partial charge in [0.15, 0.2) is 22.4 Å². The van der Waals surface area contributed by atoms with Gasteiger partial charge in [-0.1, -0.05) is 28.4 Å². The first-order valence-electron chi connectivity index (χ1n) is 6.98. The lowest BCUT2D eigenvalue weighted by molar-refractivity contribution is 0.0422. The normalized spacial score (nSPS) is 11.1. The average molecular weight is 395 g/mol. The number of hydrogen-bond donors (Lipinski definition) is 0. The standard InChI is InChI=1S/C15H8Cl2N4O3S/c16-9-3-1-8(2-4-9)13-18-10(24-20-13)7-23-14(22)11-12(17)19-15-21(11)5-6-25-15/h1-6H,7H2. The van der Waals surface area contributed by atoms with Gasteiger partial charge in [-0.25, -0.2) is 9.78 Å². The number of halogens is 2. The maximum absolute atomic E-state index is 12.3. The van der Waals surface area contributed by atoms with Crippen LogP contribution in [0.5, 0.6) is 0 Å². The van der Waals surface area contributed by atoms with Crippen LogP contribution in [0.25, 0.3) is 16.3 Å². The summed E-state index contributed by atoms with van der Waals surface area (Å²) < 4.78 is 11.9. The number of ether oxygens (including phenoxy) is 1. The summed E-state index contributed by atoms with van der Waals surface area (Å²) >= 11 is 13.2. The number of esters is 1. The van der Waals surface area contributed by atoms with Crippen LogP contribution in [0.3, 0.4) is 0 Å². The molecule has 3 heterocycles. The lowest BCUT2D eigenvalue weighted by Crippen LogP contribution is -2.08. The van der Waals surface area contributed by atoms with E-state index in [1.807, 2.05) is 0 Å². The second-order valence-electron chi connectivity index (χ2n) is 4.90. The lowest BCUT2D eigenvalue weighted by atomic mass is 10.2. The van der Waals surface area contributed by atoms with Crippen LogP contribution in [0.1, 0.15) is 16.4 Å². The second kappa shape index (κ2) is 6.47. The third-order valence-electron chi connectivity index (χ3n) is 3.31. The highest BCUT2D eigenvalue weighted by molar-refractivity contribution is 7.15.